The second kappa shape index (κ2) is 8.28. The number of benzene rings is 2. The topological polar surface area (TPSA) is 66.8 Å². The summed E-state index contributed by atoms with van der Waals surface area (Å²) >= 11 is 0. The van der Waals surface area contributed by atoms with Crippen molar-refractivity contribution < 1.29 is 18.9 Å². The quantitative estimate of drug-likeness (QED) is 0.574. The summed E-state index contributed by atoms with van der Waals surface area (Å²) in [5.74, 6) is 0.556. The summed E-state index contributed by atoms with van der Waals surface area (Å²) in [7, 11) is -4.73. The van der Waals surface area contributed by atoms with Gasteiger partial charge in [0.1, 0.15) is 5.60 Å². The van der Waals surface area contributed by atoms with Crippen LogP contribution in [0.15, 0.2) is 48.5 Å². The van der Waals surface area contributed by atoms with Crippen molar-refractivity contribution in [1.29, 1.82) is 0 Å². The summed E-state index contributed by atoms with van der Waals surface area (Å²) in [6, 6.07) is 15.7. The Kier molecular flexibility index (Phi) is 6.70. The maximum absolute atomic E-state index is 11.9. The van der Waals surface area contributed by atoms with E-state index < -0.39 is 13.4 Å². The lowest BCUT2D eigenvalue weighted by Crippen LogP contribution is -2.36. The van der Waals surface area contributed by atoms with E-state index in [1.807, 2.05) is 62.4 Å². The van der Waals surface area contributed by atoms with Crippen molar-refractivity contribution in [2.45, 2.75) is 59.0 Å². The molecule has 2 aromatic carbocycles. The van der Waals surface area contributed by atoms with Gasteiger partial charge in [-0.3, -0.25) is 4.52 Å². The van der Waals surface area contributed by atoms with Crippen LogP contribution in [0.4, 0.5) is 0 Å². The molecular formula is C22H31O4P. The fraction of sp³-hybridized carbons (Fsp3) is 0.455. The first kappa shape index (κ1) is 21.8. The molecule has 0 bridgehead atoms. The van der Waals surface area contributed by atoms with Gasteiger partial charge in [-0.1, -0.05) is 90.1 Å². The van der Waals surface area contributed by atoms with E-state index in [0.29, 0.717) is 11.8 Å². The molecule has 0 amide bonds. The minimum atomic E-state index is -4.73. The molecule has 0 atom stereocenters. The van der Waals surface area contributed by atoms with Gasteiger partial charge >= 0.3 is 7.82 Å². The second-order valence-corrected chi connectivity index (χ2v) is 9.19. The third-order valence-electron chi connectivity index (χ3n) is 5.09. The average molecular weight is 390 g/mol. The Labute approximate surface area is 162 Å². The summed E-state index contributed by atoms with van der Waals surface area (Å²) in [6.45, 7) is 12.3. The standard InChI is InChI=1S/C22H31O4P/c1-15(2)18-7-11-20(12-8-18)22(17(5)6,26-27(23,24)25)21-13-9-19(10-14-21)16(3)4/h7-17H,1-6H3,(H2,23,24,25). The van der Waals surface area contributed by atoms with Crippen molar-refractivity contribution in [3.8, 4) is 0 Å². The highest BCUT2D eigenvalue weighted by molar-refractivity contribution is 7.46. The lowest BCUT2D eigenvalue weighted by atomic mass is 9.77. The largest absolute Gasteiger partial charge is 0.470 e. The summed E-state index contributed by atoms with van der Waals surface area (Å²) < 4.78 is 17.4. The van der Waals surface area contributed by atoms with Crippen molar-refractivity contribution in [2.24, 2.45) is 5.92 Å². The summed E-state index contributed by atoms with van der Waals surface area (Å²) in [4.78, 5) is 19.4. The van der Waals surface area contributed by atoms with E-state index in [9.17, 15) is 14.4 Å². The highest BCUT2D eigenvalue weighted by atomic mass is 31.2. The van der Waals surface area contributed by atoms with Crippen LogP contribution < -0.4 is 0 Å². The van der Waals surface area contributed by atoms with Gasteiger partial charge < -0.3 is 9.79 Å². The predicted molar refractivity (Wildman–Crippen MR) is 110 cm³/mol. The minimum Gasteiger partial charge on any atom is -0.303 e. The van der Waals surface area contributed by atoms with E-state index in [4.69, 9.17) is 4.52 Å². The number of rotatable bonds is 7. The van der Waals surface area contributed by atoms with E-state index in [-0.39, 0.29) is 5.92 Å². The first-order chi connectivity index (χ1) is 12.5. The fourth-order valence-electron chi connectivity index (χ4n) is 3.46. The summed E-state index contributed by atoms with van der Waals surface area (Å²) in [5, 5.41) is 0. The molecule has 148 valence electrons. The van der Waals surface area contributed by atoms with Crippen LogP contribution in [-0.4, -0.2) is 9.79 Å². The molecule has 0 heterocycles. The predicted octanol–water partition coefficient (Wildman–Crippen LogP) is 5.94. The van der Waals surface area contributed by atoms with E-state index in [0.717, 1.165) is 11.1 Å². The molecule has 2 rings (SSSR count). The number of phosphoric acid groups is 1. The maximum Gasteiger partial charge on any atom is 0.470 e. The van der Waals surface area contributed by atoms with Gasteiger partial charge in [0.05, 0.1) is 0 Å². The molecule has 0 aliphatic rings. The zero-order chi connectivity index (χ0) is 20.4. The third-order valence-corrected chi connectivity index (χ3v) is 5.61. The SMILES string of the molecule is CC(C)c1ccc(C(OP(=O)(O)O)(c2ccc(C(C)C)cc2)C(C)C)cc1. The molecular weight excluding hydrogens is 359 g/mol. The molecule has 0 saturated carbocycles. The summed E-state index contributed by atoms with van der Waals surface area (Å²) in [5.41, 5.74) is 2.58. The second-order valence-electron chi connectivity index (χ2n) is 8.03. The molecule has 4 nitrogen and oxygen atoms in total. The number of hydrogen-bond acceptors (Lipinski definition) is 2. The van der Waals surface area contributed by atoms with Crippen LogP contribution in [0.1, 0.15) is 75.6 Å². The average Bonchev–Trinajstić information content (AvgIpc) is 2.58. The molecule has 2 N–H and O–H groups in total. The first-order valence-corrected chi connectivity index (χ1v) is 11.0. The monoisotopic (exact) mass is 390 g/mol. The van der Waals surface area contributed by atoms with E-state index in [2.05, 4.69) is 27.7 Å². The van der Waals surface area contributed by atoms with E-state index in [1.54, 1.807) is 0 Å². The van der Waals surface area contributed by atoms with Crippen molar-refractivity contribution >= 4 is 7.82 Å². The van der Waals surface area contributed by atoms with Crippen LogP contribution in [0, 0.1) is 5.92 Å². The van der Waals surface area contributed by atoms with Gasteiger partial charge in [0.25, 0.3) is 0 Å². The number of hydrogen-bond donors (Lipinski definition) is 2. The van der Waals surface area contributed by atoms with Crippen LogP contribution in [0.2, 0.25) is 0 Å². The zero-order valence-electron chi connectivity index (χ0n) is 17.0. The Morgan fingerprint density at radius 3 is 1.30 bits per heavy atom. The van der Waals surface area contributed by atoms with E-state index >= 15 is 0 Å². The molecule has 2 aromatic rings. The van der Waals surface area contributed by atoms with Gasteiger partial charge in [-0.2, -0.15) is 0 Å². The number of phosphoric ester groups is 1. The van der Waals surface area contributed by atoms with Gasteiger partial charge in [-0.05, 0) is 40.0 Å². The van der Waals surface area contributed by atoms with Crippen LogP contribution in [0.5, 0.6) is 0 Å². The Balaban J connectivity index is 2.67. The molecule has 0 unspecified atom stereocenters. The van der Waals surface area contributed by atoms with Crippen molar-refractivity contribution in [3.63, 3.8) is 0 Å². The lowest BCUT2D eigenvalue weighted by molar-refractivity contribution is 0.0259. The molecule has 0 spiro atoms. The molecule has 27 heavy (non-hydrogen) atoms. The highest BCUT2D eigenvalue weighted by Gasteiger charge is 2.44. The third kappa shape index (κ3) is 4.89. The Morgan fingerprint density at radius 1 is 0.741 bits per heavy atom. The lowest BCUT2D eigenvalue weighted by Gasteiger charge is -2.38. The van der Waals surface area contributed by atoms with Crippen LogP contribution in [0.25, 0.3) is 0 Å². The molecule has 0 fully saturated rings. The summed E-state index contributed by atoms with van der Waals surface area (Å²) in [6.07, 6.45) is 0. The van der Waals surface area contributed by atoms with Gasteiger partial charge in [-0.15, -0.1) is 0 Å². The Hall–Kier alpha value is -1.45. The minimum absolute atomic E-state index is 0.195. The van der Waals surface area contributed by atoms with Gasteiger partial charge in [-0.25, -0.2) is 4.57 Å². The Morgan fingerprint density at radius 2 is 1.07 bits per heavy atom. The van der Waals surface area contributed by atoms with E-state index in [1.165, 1.54) is 11.1 Å². The molecule has 5 heteroatoms. The normalized spacial score (nSPS) is 13.0. The molecule has 0 aliphatic heterocycles. The zero-order valence-corrected chi connectivity index (χ0v) is 17.9. The van der Waals surface area contributed by atoms with Crippen molar-refractivity contribution in [1.82, 2.24) is 0 Å². The van der Waals surface area contributed by atoms with Crippen LogP contribution >= 0.6 is 7.82 Å². The van der Waals surface area contributed by atoms with Gasteiger partial charge in [0, 0.05) is 0 Å². The first-order valence-electron chi connectivity index (χ1n) is 9.44. The molecule has 0 aliphatic carbocycles. The van der Waals surface area contributed by atoms with Crippen molar-refractivity contribution in [3.05, 3.63) is 70.8 Å². The highest BCUT2D eigenvalue weighted by Crippen LogP contribution is 2.52. The van der Waals surface area contributed by atoms with Gasteiger partial charge in [0.2, 0.25) is 0 Å². The smallest absolute Gasteiger partial charge is 0.303 e. The molecule has 0 saturated heterocycles. The molecule has 0 radical (unpaired) electrons. The van der Waals surface area contributed by atoms with Crippen LogP contribution in [0.3, 0.4) is 0 Å². The van der Waals surface area contributed by atoms with Crippen molar-refractivity contribution in [2.75, 3.05) is 0 Å². The Bertz CT molecular complexity index is 735. The molecule has 0 aromatic heterocycles. The maximum atomic E-state index is 11.9. The fourth-order valence-corrected chi connectivity index (χ4v) is 4.26. The van der Waals surface area contributed by atoms with Gasteiger partial charge in [0.15, 0.2) is 0 Å². The van der Waals surface area contributed by atoms with Crippen LogP contribution in [-0.2, 0) is 14.7 Å².